The van der Waals surface area contributed by atoms with Crippen LogP contribution in [0.5, 0.6) is 0 Å². The Labute approximate surface area is 137 Å². The molecule has 3 rings (SSSR count). The summed E-state index contributed by atoms with van der Waals surface area (Å²) >= 11 is 0. The summed E-state index contributed by atoms with van der Waals surface area (Å²) in [5, 5.41) is 13.0. The van der Waals surface area contributed by atoms with Gasteiger partial charge in [0.1, 0.15) is 6.10 Å². The van der Waals surface area contributed by atoms with Crippen molar-refractivity contribution in [2.75, 3.05) is 0 Å². The molecule has 0 bridgehead atoms. The molecule has 0 aromatic heterocycles. The van der Waals surface area contributed by atoms with Gasteiger partial charge >= 0.3 is 0 Å². The predicted molar refractivity (Wildman–Crippen MR) is 97.0 cm³/mol. The molecule has 23 heavy (non-hydrogen) atoms. The van der Waals surface area contributed by atoms with Gasteiger partial charge in [0.25, 0.3) is 0 Å². The number of hydrogen-bond acceptors (Lipinski definition) is 2. The van der Waals surface area contributed by atoms with E-state index in [2.05, 4.69) is 35.3 Å². The first kappa shape index (κ1) is 15.4. The van der Waals surface area contributed by atoms with Crippen LogP contribution in [0.2, 0.25) is 0 Å². The smallest absolute Gasteiger partial charge is 0.104 e. The number of fused-ring (bicyclic) bond motifs is 1. The fourth-order valence-corrected chi connectivity index (χ4v) is 2.64. The molecule has 0 amide bonds. The van der Waals surface area contributed by atoms with Crippen molar-refractivity contribution in [3.8, 4) is 0 Å². The fraction of sp³-hybridized carbons (Fsp3) is 0.190. The number of aliphatic hydroxyl groups is 1. The molecule has 116 valence electrons. The zero-order valence-electron chi connectivity index (χ0n) is 13.5. The minimum Gasteiger partial charge on any atom is -0.386 e. The lowest BCUT2D eigenvalue weighted by Gasteiger charge is -2.26. The molecule has 0 aliphatic heterocycles. The molecular weight excluding hydrogens is 282 g/mol. The third-order valence-corrected chi connectivity index (χ3v) is 4.10. The highest BCUT2D eigenvalue weighted by molar-refractivity contribution is 5.90. The number of aliphatic imine (C=N–C) groups is 1. The highest BCUT2D eigenvalue weighted by Gasteiger charge is 2.27. The summed E-state index contributed by atoms with van der Waals surface area (Å²) in [5.41, 5.74) is 1.33. The van der Waals surface area contributed by atoms with Gasteiger partial charge in [-0.3, -0.25) is 4.99 Å². The molecule has 0 aliphatic carbocycles. The predicted octanol–water partition coefficient (Wildman–Crippen LogP) is 4.77. The first-order valence-electron chi connectivity index (χ1n) is 7.83. The van der Waals surface area contributed by atoms with Crippen molar-refractivity contribution in [1.82, 2.24) is 0 Å². The van der Waals surface area contributed by atoms with Gasteiger partial charge in [0.05, 0.1) is 5.54 Å². The summed E-state index contributed by atoms with van der Waals surface area (Å²) in [6.45, 7) is 3.89. The summed E-state index contributed by atoms with van der Waals surface area (Å²) in [6.07, 6.45) is 1.21. The van der Waals surface area contributed by atoms with Gasteiger partial charge in [-0.25, -0.2) is 0 Å². The van der Waals surface area contributed by atoms with Gasteiger partial charge in [0.15, 0.2) is 0 Å². The van der Waals surface area contributed by atoms with Crippen LogP contribution in [-0.4, -0.2) is 16.9 Å². The van der Waals surface area contributed by atoms with Crippen molar-refractivity contribution < 1.29 is 5.11 Å². The Bertz CT molecular complexity index is 821. The molecule has 1 atom stereocenters. The van der Waals surface area contributed by atoms with Crippen LogP contribution >= 0.6 is 0 Å². The number of hydrogen-bond donors (Lipinski definition) is 1. The van der Waals surface area contributed by atoms with E-state index in [-0.39, 0.29) is 0 Å². The Morgan fingerprint density at radius 1 is 0.870 bits per heavy atom. The summed E-state index contributed by atoms with van der Waals surface area (Å²) < 4.78 is 0. The van der Waals surface area contributed by atoms with E-state index in [1.807, 2.05) is 62.5 Å². The van der Waals surface area contributed by atoms with Gasteiger partial charge in [-0.2, -0.15) is 0 Å². The summed E-state index contributed by atoms with van der Waals surface area (Å²) in [7, 11) is 0. The quantitative estimate of drug-likeness (QED) is 0.692. The van der Waals surface area contributed by atoms with E-state index in [0.717, 1.165) is 11.1 Å². The van der Waals surface area contributed by atoms with Crippen LogP contribution < -0.4 is 0 Å². The molecule has 0 heterocycles. The largest absolute Gasteiger partial charge is 0.386 e. The topological polar surface area (TPSA) is 32.6 Å². The molecule has 0 aliphatic rings. The Balaban J connectivity index is 1.84. The van der Waals surface area contributed by atoms with Crippen LogP contribution in [0.4, 0.5) is 0 Å². The van der Waals surface area contributed by atoms with E-state index in [0.29, 0.717) is 0 Å². The van der Waals surface area contributed by atoms with Gasteiger partial charge in [-0.1, -0.05) is 66.7 Å². The monoisotopic (exact) mass is 303 g/mol. The molecule has 0 radical (unpaired) electrons. The molecule has 1 N–H and O–H groups in total. The first-order chi connectivity index (χ1) is 11.1. The molecule has 0 spiro atoms. The normalized spacial score (nSPS) is 13.5. The number of benzene rings is 3. The molecule has 2 heteroatoms. The molecule has 3 aromatic rings. The zero-order valence-corrected chi connectivity index (χ0v) is 13.5. The minimum atomic E-state index is -0.639. The average molecular weight is 303 g/mol. The Morgan fingerprint density at radius 3 is 2.26 bits per heavy atom. The average Bonchev–Trinajstić information content (AvgIpc) is 2.60. The molecular formula is C21H21NO. The van der Waals surface area contributed by atoms with Crippen LogP contribution in [0.25, 0.3) is 10.8 Å². The maximum absolute atomic E-state index is 10.6. The van der Waals surface area contributed by atoms with Gasteiger partial charge in [0, 0.05) is 6.21 Å². The van der Waals surface area contributed by atoms with Crippen LogP contribution in [0.15, 0.2) is 77.8 Å². The SMILES string of the molecule is CC(C)(N=Cc1ccc2ccccc2c1)C(O)c1ccccc1. The molecule has 0 saturated carbocycles. The van der Waals surface area contributed by atoms with Crippen molar-refractivity contribution >= 4 is 17.0 Å². The molecule has 1 unspecified atom stereocenters. The maximum Gasteiger partial charge on any atom is 0.104 e. The van der Waals surface area contributed by atoms with Gasteiger partial charge in [0.2, 0.25) is 0 Å². The fourth-order valence-electron chi connectivity index (χ4n) is 2.64. The summed E-state index contributed by atoms with van der Waals surface area (Å²) in [6, 6.07) is 24.2. The van der Waals surface area contributed by atoms with Gasteiger partial charge in [-0.15, -0.1) is 0 Å². The van der Waals surface area contributed by atoms with Crippen molar-refractivity contribution in [3.05, 3.63) is 83.9 Å². The Morgan fingerprint density at radius 2 is 1.52 bits per heavy atom. The highest BCUT2D eigenvalue weighted by Crippen LogP contribution is 2.28. The highest BCUT2D eigenvalue weighted by atomic mass is 16.3. The van der Waals surface area contributed by atoms with E-state index in [4.69, 9.17) is 0 Å². The van der Waals surface area contributed by atoms with E-state index in [9.17, 15) is 5.11 Å². The first-order valence-corrected chi connectivity index (χ1v) is 7.83. The van der Waals surface area contributed by atoms with Crippen molar-refractivity contribution in [2.24, 2.45) is 4.99 Å². The van der Waals surface area contributed by atoms with Crippen molar-refractivity contribution in [2.45, 2.75) is 25.5 Å². The Hall–Kier alpha value is -2.45. The lowest BCUT2D eigenvalue weighted by Crippen LogP contribution is -2.27. The molecule has 3 aromatic carbocycles. The Kier molecular flexibility index (Phi) is 4.26. The number of aliphatic hydroxyl groups excluding tert-OH is 1. The lowest BCUT2D eigenvalue weighted by atomic mass is 9.92. The second-order valence-corrected chi connectivity index (χ2v) is 6.33. The van der Waals surface area contributed by atoms with Crippen LogP contribution in [0.3, 0.4) is 0 Å². The molecule has 0 fully saturated rings. The zero-order chi connectivity index (χ0) is 16.3. The maximum atomic E-state index is 10.6. The van der Waals surface area contributed by atoms with Crippen LogP contribution in [-0.2, 0) is 0 Å². The standard InChI is InChI=1S/C21H21NO/c1-21(2,20(23)18-9-4-3-5-10-18)22-15-16-12-13-17-8-6-7-11-19(17)14-16/h3-15,20,23H,1-2H3. The van der Waals surface area contributed by atoms with E-state index >= 15 is 0 Å². The van der Waals surface area contributed by atoms with E-state index in [1.165, 1.54) is 10.8 Å². The number of rotatable bonds is 4. The van der Waals surface area contributed by atoms with Crippen LogP contribution in [0, 0.1) is 0 Å². The lowest BCUT2D eigenvalue weighted by molar-refractivity contribution is 0.106. The van der Waals surface area contributed by atoms with Gasteiger partial charge < -0.3 is 5.11 Å². The third-order valence-electron chi connectivity index (χ3n) is 4.10. The molecule has 2 nitrogen and oxygen atoms in total. The molecule has 0 saturated heterocycles. The van der Waals surface area contributed by atoms with E-state index in [1.54, 1.807) is 0 Å². The second kappa shape index (κ2) is 6.35. The van der Waals surface area contributed by atoms with Crippen molar-refractivity contribution in [3.63, 3.8) is 0 Å². The summed E-state index contributed by atoms with van der Waals surface area (Å²) in [5.74, 6) is 0. The number of nitrogens with zero attached hydrogens (tertiary/aromatic N) is 1. The van der Waals surface area contributed by atoms with Crippen LogP contribution in [0.1, 0.15) is 31.1 Å². The summed E-state index contributed by atoms with van der Waals surface area (Å²) in [4.78, 5) is 4.63. The second-order valence-electron chi connectivity index (χ2n) is 6.33. The minimum absolute atomic E-state index is 0.590. The van der Waals surface area contributed by atoms with Gasteiger partial charge in [-0.05, 0) is 41.8 Å². The third kappa shape index (κ3) is 3.49. The van der Waals surface area contributed by atoms with E-state index < -0.39 is 11.6 Å². The van der Waals surface area contributed by atoms with Crippen molar-refractivity contribution in [1.29, 1.82) is 0 Å².